The van der Waals surface area contributed by atoms with E-state index in [1.807, 2.05) is 4.57 Å². The van der Waals surface area contributed by atoms with Crippen molar-refractivity contribution < 1.29 is 9.90 Å². The summed E-state index contributed by atoms with van der Waals surface area (Å²) in [6.45, 7) is 6.25. The number of carboxylic acid groups (broad SMARTS) is 1. The third-order valence-corrected chi connectivity index (χ3v) is 2.52. The van der Waals surface area contributed by atoms with Crippen LogP contribution in [0, 0.1) is 0 Å². The lowest BCUT2D eigenvalue weighted by Crippen LogP contribution is -2.20. The first kappa shape index (κ1) is 10.7. The van der Waals surface area contributed by atoms with Crippen molar-refractivity contribution in [2.75, 3.05) is 0 Å². The second kappa shape index (κ2) is 3.33. The summed E-state index contributed by atoms with van der Waals surface area (Å²) < 4.78 is 2.04. The van der Waals surface area contributed by atoms with E-state index in [1.165, 1.54) is 0 Å². The second-order valence-electron chi connectivity index (χ2n) is 4.79. The van der Waals surface area contributed by atoms with Gasteiger partial charge in [-0.1, -0.05) is 0 Å². The van der Waals surface area contributed by atoms with Gasteiger partial charge in [-0.15, -0.1) is 0 Å². The Morgan fingerprint density at radius 3 is 2.62 bits per heavy atom. The van der Waals surface area contributed by atoms with E-state index in [4.69, 9.17) is 5.11 Å². The van der Waals surface area contributed by atoms with Gasteiger partial charge in [0.1, 0.15) is 0 Å². The molecule has 84 valence electrons. The van der Waals surface area contributed by atoms with Crippen molar-refractivity contribution in [2.24, 2.45) is 0 Å². The Balaban J connectivity index is 2.64. The van der Waals surface area contributed by atoms with Crippen LogP contribution in [0.5, 0.6) is 0 Å². The van der Waals surface area contributed by atoms with Crippen LogP contribution in [0.3, 0.4) is 0 Å². The molecule has 2 rings (SSSR count). The van der Waals surface area contributed by atoms with Crippen molar-refractivity contribution >= 4 is 17.0 Å². The molecule has 0 aliphatic heterocycles. The smallest absolute Gasteiger partial charge is 0.335 e. The van der Waals surface area contributed by atoms with Gasteiger partial charge in [0.05, 0.1) is 22.9 Å². The van der Waals surface area contributed by atoms with Crippen molar-refractivity contribution in [3.05, 3.63) is 30.1 Å². The first-order valence-corrected chi connectivity index (χ1v) is 5.10. The normalized spacial score (nSPS) is 11.9. The summed E-state index contributed by atoms with van der Waals surface area (Å²) in [6, 6.07) is 5.01. The number of hydrogen-bond donors (Lipinski definition) is 1. The zero-order valence-corrected chi connectivity index (χ0v) is 9.56. The quantitative estimate of drug-likeness (QED) is 0.800. The lowest BCUT2D eigenvalue weighted by Gasteiger charge is -2.21. The third kappa shape index (κ3) is 1.66. The number of nitrogens with zero attached hydrogens (tertiary/aromatic N) is 2. The van der Waals surface area contributed by atoms with Crippen molar-refractivity contribution in [3.63, 3.8) is 0 Å². The first-order chi connectivity index (χ1) is 7.39. The lowest BCUT2D eigenvalue weighted by atomic mass is 10.1. The molecule has 0 spiro atoms. The van der Waals surface area contributed by atoms with Gasteiger partial charge in [-0.25, -0.2) is 9.78 Å². The zero-order chi connectivity index (χ0) is 11.9. The predicted molar refractivity (Wildman–Crippen MR) is 61.7 cm³/mol. The van der Waals surface area contributed by atoms with Crippen LogP contribution in [-0.2, 0) is 5.54 Å². The van der Waals surface area contributed by atoms with Crippen molar-refractivity contribution in [3.8, 4) is 0 Å². The summed E-state index contributed by atoms with van der Waals surface area (Å²) in [5, 5.41) is 8.88. The topological polar surface area (TPSA) is 55.1 Å². The average Bonchev–Trinajstić information content (AvgIpc) is 2.58. The fourth-order valence-corrected chi connectivity index (χ4v) is 1.68. The number of benzene rings is 1. The van der Waals surface area contributed by atoms with E-state index in [0.29, 0.717) is 0 Å². The second-order valence-corrected chi connectivity index (χ2v) is 4.79. The number of aromatic nitrogens is 2. The van der Waals surface area contributed by atoms with Gasteiger partial charge in [0.2, 0.25) is 0 Å². The van der Waals surface area contributed by atoms with Gasteiger partial charge < -0.3 is 9.67 Å². The van der Waals surface area contributed by atoms with Crippen LogP contribution in [-0.4, -0.2) is 20.6 Å². The highest BCUT2D eigenvalue weighted by atomic mass is 16.4. The molecule has 4 nitrogen and oxygen atoms in total. The predicted octanol–water partition coefficient (Wildman–Crippen LogP) is 2.49. The molecule has 0 atom stereocenters. The van der Waals surface area contributed by atoms with Crippen molar-refractivity contribution in [1.82, 2.24) is 9.55 Å². The molecule has 0 saturated heterocycles. The molecule has 0 aliphatic rings. The van der Waals surface area contributed by atoms with Crippen molar-refractivity contribution in [2.45, 2.75) is 26.3 Å². The molecule has 1 N–H and O–H groups in total. The number of rotatable bonds is 1. The molecule has 0 amide bonds. The maximum atomic E-state index is 10.8. The molecular weight excluding hydrogens is 204 g/mol. The molecule has 0 radical (unpaired) electrons. The molecule has 0 saturated carbocycles. The highest BCUT2D eigenvalue weighted by Crippen LogP contribution is 2.22. The molecule has 2 aromatic rings. The van der Waals surface area contributed by atoms with Gasteiger partial charge in [0.25, 0.3) is 0 Å². The third-order valence-electron chi connectivity index (χ3n) is 2.52. The van der Waals surface area contributed by atoms with E-state index < -0.39 is 5.97 Å². The first-order valence-electron chi connectivity index (χ1n) is 5.10. The molecule has 0 fully saturated rings. The zero-order valence-electron chi connectivity index (χ0n) is 9.56. The van der Waals surface area contributed by atoms with Crippen LogP contribution in [0.2, 0.25) is 0 Å². The summed E-state index contributed by atoms with van der Waals surface area (Å²) in [5.41, 5.74) is 1.89. The molecule has 1 aromatic heterocycles. The fraction of sp³-hybridized carbons (Fsp3) is 0.333. The Kier molecular flexibility index (Phi) is 2.22. The summed E-state index contributed by atoms with van der Waals surface area (Å²) in [7, 11) is 0. The average molecular weight is 218 g/mol. The van der Waals surface area contributed by atoms with Crippen molar-refractivity contribution in [1.29, 1.82) is 0 Å². The van der Waals surface area contributed by atoms with E-state index in [9.17, 15) is 4.79 Å². The Morgan fingerprint density at radius 1 is 1.38 bits per heavy atom. The summed E-state index contributed by atoms with van der Waals surface area (Å²) >= 11 is 0. The SMILES string of the molecule is CC(C)(C)n1cnc2cc(C(=O)O)ccc21. The molecule has 0 aliphatic carbocycles. The monoisotopic (exact) mass is 218 g/mol. The Bertz CT molecular complexity index is 550. The number of fused-ring (bicyclic) bond motifs is 1. The molecule has 16 heavy (non-hydrogen) atoms. The largest absolute Gasteiger partial charge is 0.478 e. The number of hydrogen-bond acceptors (Lipinski definition) is 2. The van der Waals surface area contributed by atoms with Gasteiger partial charge in [0, 0.05) is 5.54 Å². The maximum Gasteiger partial charge on any atom is 0.335 e. The van der Waals surface area contributed by atoms with E-state index >= 15 is 0 Å². The lowest BCUT2D eigenvalue weighted by molar-refractivity contribution is 0.0697. The highest BCUT2D eigenvalue weighted by Gasteiger charge is 2.16. The molecule has 4 heteroatoms. The van der Waals surface area contributed by atoms with Crippen LogP contribution in [0.25, 0.3) is 11.0 Å². The van der Waals surface area contributed by atoms with Crippen LogP contribution in [0.4, 0.5) is 0 Å². The Labute approximate surface area is 93.5 Å². The molecule has 1 heterocycles. The minimum Gasteiger partial charge on any atom is -0.478 e. The summed E-state index contributed by atoms with van der Waals surface area (Å²) in [4.78, 5) is 15.0. The fourth-order valence-electron chi connectivity index (χ4n) is 1.68. The minimum atomic E-state index is -0.924. The Morgan fingerprint density at radius 2 is 2.06 bits per heavy atom. The molecule has 0 bridgehead atoms. The van der Waals surface area contributed by atoms with Crippen LogP contribution in [0.15, 0.2) is 24.5 Å². The van der Waals surface area contributed by atoms with E-state index in [0.717, 1.165) is 11.0 Å². The molecular formula is C12H14N2O2. The molecule has 1 aromatic carbocycles. The number of imidazole rings is 1. The number of aromatic carboxylic acids is 1. The van der Waals surface area contributed by atoms with Gasteiger partial charge in [-0.05, 0) is 39.0 Å². The molecule has 0 unspecified atom stereocenters. The minimum absolute atomic E-state index is 0.0561. The summed E-state index contributed by atoms with van der Waals surface area (Å²) in [5.74, 6) is -0.924. The Hall–Kier alpha value is -1.84. The van der Waals surface area contributed by atoms with Gasteiger partial charge in [0.15, 0.2) is 0 Å². The van der Waals surface area contributed by atoms with Gasteiger partial charge >= 0.3 is 5.97 Å². The van der Waals surface area contributed by atoms with Crippen LogP contribution < -0.4 is 0 Å². The van der Waals surface area contributed by atoms with Gasteiger partial charge in [-0.2, -0.15) is 0 Å². The highest BCUT2D eigenvalue weighted by molar-refractivity contribution is 5.92. The van der Waals surface area contributed by atoms with E-state index in [2.05, 4.69) is 25.8 Å². The van der Waals surface area contributed by atoms with Crippen LogP contribution >= 0.6 is 0 Å². The van der Waals surface area contributed by atoms with E-state index in [1.54, 1.807) is 24.5 Å². The summed E-state index contributed by atoms with van der Waals surface area (Å²) in [6.07, 6.45) is 1.75. The maximum absolute atomic E-state index is 10.8. The van der Waals surface area contributed by atoms with Gasteiger partial charge in [-0.3, -0.25) is 0 Å². The number of carboxylic acids is 1. The number of carbonyl (C=O) groups is 1. The van der Waals surface area contributed by atoms with Crippen LogP contribution in [0.1, 0.15) is 31.1 Å². The van der Waals surface area contributed by atoms with E-state index in [-0.39, 0.29) is 11.1 Å². The standard InChI is InChI=1S/C12H14N2O2/c1-12(2,3)14-7-13-9-6-8(11(15)16)4-5-10(9)14/h4-7H,1-3H3,(H,15,16).